The fraction of sp³-hybridized carbons (Fsp3) is 0.154. The minimum atomic E-state index is -0.915. The summed E-state index contributed by atoms with van der Waals surface area (Å²) in [4.78, 5) is 10.8. The van der Waals surface area contributed by atoms with Crippen LogP contribution in [0.5, 0.6) is 5.75 Å². The molecule has 0 saturated carbocycles. The summed E-state index contributed by atoms with van der Waals surface area (Å²) in [7, 11) is 0. The number of rotatable bonds is 3. The van der Waals surface area contributed by atoms with E-state index in [2.05, 4.69) is 5.73 Å². The number of hydrogen-bond acceptors (Lipinski definition) is 2. The van der Waals surface area contributed by atoms with E-state index in [1.54, 1.807) is 12.1 Å². The first-order chi connectivity index (χ1) is 8.09. The number of phenols is 1. The summed E-state index contributed by atoms with van der Waals surface area (Å²) in [6, 6.07) is 10.1. The molecule has 1 unspecified atom stereocenters. The average Bonchev–Trinajstić information content (AvgIpc) is 2.33. The summed E-state index contributed by atoms with van der Waals surface area (Å²) in [6.45, 7) is 0. The Balaban J connectivity index is 2.48. The highest BCUT2D eigenvalue weighted by atomic mass is 16.4. The van der Waals surface area contributed by atoms with Crippen molar-refractivity contribution in [3.8, 4) is 5.75 Å². The Morgan fingerprint density at radius 2 is 1.82 bits per heavy atom. The molecule has 0 aliphatic carbocycles. The molecule has 88 valence electrons. The van der Waals surface area contributed by atoms with E-state index in [0.29, 0.717) is 6.42 Å². The van der Waals surface area contributed by atoms with Crippen LogP contribution in [-0.2, 0) is 11.2 Å². The van der Waals surface area contributed by atoms with Gasteiger partial charge in [0, 0.05) is 11.8 Å². The Labute approximate surface area is 98.3 Å². The van der Waals surface area contributed by atoms with Crippen LogP contribution in [0.3, 0.4) is 0 Å². The highest BCUT2D eigenvalue weighted by Crippen LogP contribution is 2.27. The minimum Gasteiger partial charge on any atom is -0.507 e. The molecule has 0 heterocycles. The lowest BCUT2D eigenvalue weighted by atomic mass is 9.98. The third-order valence-electron chi connectivity index (χ3n) is 2.81. The molecule has 2 aromatic rings. The topological polar surface area (TPSA) is 85.2 Å². The van der Waals surface area contributed by atoms with E-state index < -0.39 is 12.0 Å². The summed E-state index contributed by atoms with van der Waals surface area (Å²) in [5.74, 6) is -0.706. The Bertz CT molecular complexity index is 566. The number of phenolic OH excluding ortho intramolecular Hbond substituents is 1. The van der Waals surface area contributed by atoms with Crippen molar-refractivity contribution in [2.45, 2.75) is 12.5 Å². The fourth-order valence-corrected chi connectivity index (χ4v) is 1.88. The molecule has 0 aliphatic heterocycles. The molecule has 4 nitrogen and oxygen atoms in total. The van der Waals surface area contributed by atoms with Crippen molar-refractivity contribution in [1.29, 1.82) is 0 Å². The fourth-order valence-electron chi connectivity index (χ4n) is 1.88. The monoisotopic (exact) mass is 232 g/mol. The van der Waals surface area contributed by atoms with Gasteiger partial charge in [-0.1, -0.05) is 30.3 Å². The van der Waals surface area contributed by atoms with E-state index in [0.717, 1.165) is 16.3 Å². The van der Waals surface area contributed by atoms with Gasteiger partial charge in [-0.05, 0) is 17.0 Å². The molecule has 0 saturated heterocycles. The maximum atomic E-state index is 10.8. The SMILES string of the molecule is [NH3+]C(Cc1ccc(O)c2ccccc12)C(=O)O. The summed E-state index contributed by atoms with van der Waals surface area (Å²) >= 11 is 0. The van der Waals surface area contributed by atoms with Crippen molar-refractivity contribution >= 4 is 16.7 Å². The first-order valence-electron chi connectivity index (χ1n) is 5.35. The molecule has 0 amide bonds. The van der Waals surface area contributed by atoms with Gasteiger partial charge in [-0.3, -0.25) is 0 Å². The number of benzene rings is 2. The van der Waals surface area contributed by atoms with E-state index in [-0.39, 0.29) is 5.75 Å². The molecule has 17 heavy (non-hydrogen) atoms. The van der Waals surface area contributed by atoms with Crippen LogP contribution in [0.2, 0.25) is 0 Å². The first kappa shape index (κ1) is 11.4. The van der Waals surface area contributed by atoms with Crippen molar-refractivity contribution in [3.05, 3.63) is 42.0 Å². The largest absolute Gasteiger partial charge is 0.507 e. The quantitative estimate of drug-likeness (QED) is 0.731. The predicted octanol–water partition coefficient (Wildman–Crippen LogP) is 0.783. The molecule has 0 bridgehead atoms. The van der Waals surface area contributed by atoms with Crippen LogP contribution >= 0.6 is 0 Å². The van der Waals surface area contributed by atoms with Crippen LogP contribution in [-0.4, -0.2) is 22.2 Å². The third-order valence-corrected chi connectivity index (χ3v) is 2.81. The molecule has 0 spiro atoms. The molecule has 2 aromatic carbocycles. The summed E-state index contributed by atoms with van der Waals surface area (Å²) in [5.41, 5.74) is 4.49. The van der Waals surface area contributed by atoms with Gasteiger partial charge in [-0.25, -0.2) is 4.79 Å². The van der Waals surface area contributed by atoms with Gasteiger partial charge in [0.25, 0.3) is 0 Å². The van der Waals surface area contributed by atoms with Crippen LogP contribution in [0.4, 0.5) is 0 Å². The van der Waals surface area contributed by atoms with Gasteiger partial charge in [-0.2, -0.15) is 0 Å². The standard InChI is InChI=1S/C13H13NO3/c14-11(13(16)17)7-8-5-6-12(15)10-4-2-1-3-9(8)10/h1-6,11,15H,7,14H2,(H,16,17)/p+1. The van der Waals surface area contributed by atoms with Crippen molar-refractivity contribution in [2.24, 2.45) is 0 Å². The van der Waals surface area contributed by atoms with Gasteiger partial charge in [0.1, 0.15) is 5.75 Å². The molecule has 2 rings (SSSR count). The number of hydrogen-bond donors (Lipinski definition) is 3. The van der Waals surface area contributed by atoms with Gasteiger partial charge in [0.2, 0.25) is 0 Å². The number of fused-ring (bicyclic) bond motifs is 1. The number of carboxylic acid groups (broad SMARTS) is 1. The van der Waals surface area contributed by atoms with Crippen molar-refractivity contribution < 1.29 is 20.7 Å². The molecule has 4 heteroatoms. The molecule has 0 aromatic heterocycles. The van der Waals surface area contributed by atoms with Gasteiger partial charge >= 0.3 is 5.97 Å². The zero-order chi connectivity index (χ0) is 12.4. The number of aromatic hydroxyl groups is 1. The zero-order valence-corrected chi connectivity index (χ0v) is 9.26. The van der Waals surface area contributed by atoms with E-state index in [1.165, 1.54) is 0 Å². The van der Waals surface area contributed by atoms with Crippen molar-refractivity contribution in [2.75, 3.05) is 0 Å². The van der Waals surface area contributed by atoms with Crippen LogP contribution in [0.15, 0.2) is 36.4 Å². The molecule has 0 aliphatic rings. The van der Waals surface area contributed by atoms with Gasteiger partial charge in [0.15, 0.2) is 6.04 Å². The lowest BCUT2D eigenvalue weighted by molar-refractivity contribution is -0.407. The van der Waals surface area contributed by atoms with E-state index in [4.69, 9.17) is 5.11 Å². The summed E-state index contributed by atoms with van der Waals surface area (Å²) in [6.07, 6.45) is 0.357. The Kier molecular flexibility index (Phi) is 2.97. The maximum Gasteiger partial charge on any atom is 0.362 e. The molecular weight excluding hydrogens is 218 g/mol. The molecule has 5 N–H and O–H groups in total. The third kappa shape index (κ3) is 2.21. The van der Waals surface area contributed by atoms with Crippen molar-refractivity contribution in [3.63, 3.8) is 0 Å². The maximum absolute atomic E-state index is 10.8. The van der Waals surface area contributed by atoms with Crippen molar-refractivity contribution in [1.82, 2.24) is 0 Å². The van der Waals surface area contributed by atoms with Crippen LogP contribution in [0.25, 0.3) is 10.8 Å². The van der Waals surface area contributed by atoms with E-state index >= 15 is 0 Å². The van der Waals surface area contributed by atoms with Crippen LogP contribution in [0, 0.1) is 0 Å². The molecular formula is C13H14NO3+. The molecule has 1 atom stereocenters. The average molecular weight is 232 g/mol. The summed E-state index contributed by atoms with van der Waals surface area (Å²) in [5, 5.41) is 20.2. The highest BCUT2D eigenvalue weighted by molar-refractivity contribution is 5.91. The van der Waals surface area contributed by atoms with Gasteiger partial charge in [0.05, 0.1) is 0 Å². The second kappa shape index (κ2) is 4.43. The second-order valence-corrected chi connectivity index (χ2v) is 4.03. The first-order valence-corrected chi connectivity index (χ1v) is 5.35. The van der Waals surface area contributed by atoms with E-state index in [9.17, 15) is 9.90 Å². The lowest BCUT2D eigenvalue weighted by Crippen LogP contribution is -2.65. The molecule has 0 fully saturated rings. The number of quaternary nitrogens is 1. The van der Waals surface area contributed by atoms with Crippen LogP contribution < -0.4 is 5.73 Å². The summed E-state index contributed by atoms with van der Waals surface area (Å²) < 4.78 is 0. The highest BCUT2D eigenvalue weighted by Gasteiger charge is 2.17. The smallest absolute Gasteiger partial charge is 0.362 e. The van der Waals surface area contributed by atoms with E-state index in [1.807, 2.05) is 24.3 Å². The normalized spacial score (nSPS) is 12.5. The number of aliphatic carboxylic acids is 1. The number of carboxylic acids is 1. The molecule has 0 radical (unpaired) electrons. The Morgan fingerprint density at radius 3 is 2.47 bits per heavy atom. The minimum absolute atomic E-state index is 0.209. The predicted molar refractivity (Wildman–Crippen MR) is 63.6 cm³/mol. The lowest BCUT2D eigenvalue weighted by Gasteiger charge is -2.09. The Hall–Kier alpha value is -2.07. The zero-order valence-electron chi connectivity index (χ0n) is 9.26. The second-order valence-electron chi connectivity index (χ2n) is 4.03. The van der Waals surface area contributed by atoms with Crippen LogP contribution in [0.1, 0.15) is 5.56 Å². The van der Waals surface area contributed by atoms with Gasteiger partial charge in [-0.15, -0.1) is 0 Å². The van der Waals surface area contributed by atoms with Gasteiger partial charge < -0.3 is 15.9 Å². The Morgan fingerprint density at radius 1 is 1.18 bits per heavy atom. The number of carbonyl (C=O) groups is 1.